The lowest BCUT2D eigenvalue weighted by atomic mass is 10.2. The smallest absolute Gasteiger partial charge is 0.343 e. The highest BCUT2D eigenvalue weighted by Gasteiger charge is 2.12. The maximum Gasteiger partial charge on any atom is 0.343 e. The normalized spacial score (nSPS) is 10.7. The van der Waals surface area contributed by atoms with Crippen LogP contribution in [0.4, 0.5) is 0 Å². The molecule has 4 aromatic rings. The van der Waals surface area contributed by atoms with Crippen molar-refractivity contribution in [3.8, 4) is 17.2 Å². The number of hydrogen-bond acceptors (Lipinski definition) is 6. The first-order valence-corrected chi connectivity index (χ1v) is 12.5. The van der Waals surface area contributed by atoms with Crippen LogP contribution in [0.1, 0.15) is 37.4 Å². The van der Waals surface area contributed by atoms with Gasteiger partial charge < -0.3 is 14.2 Å². The highest BCUT2D eigenvalue weighted by molar-refractivity contribution is 9.10. The maximum atomic E-state index is 12.6. The molecule has 38 heavy (non-hydrogen) atoms. The molecular weight excluding hydrogens is 548 g/mol. The predicted molar refractivity (Wildman–Crippen MR) is 149 cm³/mol. The van der Waals surface area contributed by atoms with Gasteiger partial charge in [-0.05, 0) is 79.2 Å². The molecule has 0 bridgehead atoms. The number of amides is 1. The second-order valence-electron chi connectivity index (χ2n) is 8.30. The van der Waals surface area contributed by atoms with Crippen LogP contribution in [0.3, 0.4) is 0 Å². The molecule has 8 heteroatoms. The number of methoxy groups -OCH3 is 1. The third-order valence-corrected chi connectivity index (χ3v) is 6.01. The Kier molecular flexibility index (Phi) is 8.89. The number of nitrogens with zero attached hydrogens (tertiary/aromatic N) is 1. The fraction of sp³-hybridized carbons (Fsp3) is 0.100. The molecule has 0 saturated carbocycles. The molecule has 0 heterocycles. The largest absolute Gasteiger partial charge is 0.497 e. The topological polar surface area (TPSA) is 86.2 Å². The molecule has 0 fully saturated rings. The fourth-order valence-corrected chi connectivity index (χ4v) is 3.76. The van der Waals surface area contributed by atoms with E-state index in [4.69, 9.17) is 14.2 Å². The van der Waals surface area contributed by atoms with Gasteiger partial charge in [0.2, 0.25) is 0 Å². The average molecular weight is 573 g/mol. The van der Waals surface area contributed by atoms with Gasteiger partial charge in [0.1, 0.15) is 23.9 Å². The van der Waals surface area contributed by atoms with E-state index in [1.807, 2.05) is 31.2 Å². The second-order valence-corrected chi connectivity index (χ2v) is 9.21. The van der Waals surface area contributed by atoms with Crippen LogP contribution >= 0.6 is 15.9 Å². The number of aryl methyl sites for hydroxylation is 1. The number of halogens is 1. The van der Waals surface area contributed by atoms with Crippen molar-refractivity contribution in [1.29, 1.82) is 0 Å². The fourth-order valence-electron chi connectivity index (χ4n) is 3.38. The number of carbonyl (C=O) groups excluding carboxylic acids is 2. The average Bonchev–Trinajstić information content (AvgIpc) is 2.94. The van der Waals surface area contributed by atoms with E-state index in [-0.39, 0.29) is 0 Å². The van der Waals surface area contributed by atoms with Crippen molar-refractivity contribution in [2.45, 2.75) is 13.5 Å². The summed E-state index contributed by atoms with van der Waals surface area (Å²) in [7, 11) is 1.55. The van der Waals surface area contributed by atoms with Gasteiger partial charge in [0.05, 0.1) is 18.9 Å². The number of carbonyl (C=O) groups is 2. The van der Waals surface area contributed by atoms with Crippen LogP contribution in [0.15, 0.2) is 101 Å². The standard InChI is InChI=1S/C30H25BrN2O5/c1-20-3-5-21(6-4-20)19-37-27-14-7-22(8-15-27)29(34)33-32-18-24-17-25(31)11-16-28(24)38-30(35)23-9-12-26(36-2)13-10-23/h3-18H,19H2,1-2H3,(H,33,34)/b32-18-. The van der Waals surface area contributed by atoms with Gasteiger partial charge in [0.15, 0.2) is 0 Å². The van der Waals surface area contributed by atoms with E-state index in [2.05, 4.69) is 26.5 Å². The van der Waals surface area contributed by atoms with E-state index in [1.54, 1.807) is 73.8 Å². The molecule has 192 valence electrons. The van der Waals surface area contributed by atoms with Crippen molar-refractivity contribution >= 4 is 34.0 Å². The van der Waals surface area contributed by atoms with Gasteiger partial charge in [0, 0.05) is 15.6 Å². The SMILES string of the molecule is COc1ccc(C(=O)Oc2ccc(Br)cc2/C=N\NC(=O)c2ccc(OCc3ccc(C)cc3)cc2)cc1. The minimum atomic E-state index is -0.529. The summed E-state index contributed by atoms with van der Waals surface area (Å²) in [4.78, 5) is 25.1. The van der Waals surface area contributed by atoms with E-state index < -0.39 is 11.9 Å². The van der Waals surface area contributed by atoms with E-state index >= 15 is 0 Å². The second kappa shape index (κ2) is 12.7. The summed E-state index contributed by atoms with van der Waals surface area (Å²) in [6, 6.07) is 26.6. The zero-order chi connectivity index (χ0) is 26.9. The summed E-state index contributed by atoms with van der Waals surface area (Å²) in [5, 5.41) is 4.04. The van der Waals surface area contributed by atoms with Crippen molar-refractivity contribution in [2.75, 3.05) is 7.11 Å². The van der Waals surface area contributed by atoms with Gasteiger partial charge in [-0.3, -0.25) is 4.79 Å². The minimum Gasteiger partial charge on any atom is -0.497 e. The molecule has 7 nitrogen and oxygen atoms in total. The molecule has 0 spiro atoms. The van der Waals surface area contributed by atoms with Crippen LogP contribution in [0, 0.1) is 6.92 Å². The Balaban J connectivity index is 1.36. The summed E-state index contributed by atoms with van der Waals surface area (Å²) in [6.45, 7) is 2.48. The molecular formula is C30H25BrN2O5. The van der Waals surface area contributed by atoms with E-state index in [1.165, 1.54) is 11.8 Å². The maximum absolute atomic E-state index is 12.6. The van der Waals surface area contributed by atoms with Crippen molar-refractivity contribution in [2.24, 2.45) is 5.10 Å². The first kappa shape index (κ1) is 26.6. The Bertz CT molecular complexity index is 1430. The Morgan fingerprint density at radius 2 is 1.53 bits per heavy atom. The highest BCUT2D eigenvalue weighted by Crippen LogP contribution is 2.23. The molecule has 0 aliphatic carbocycles. The number of esters is 1. The van der Waals surface area contributed by atoms with Crippen LogP contribution < -0.4 is 19.6 Å². The summed E-state index contributed by atoms with van der Waals surface area (Å²) in [5.41, 5.74) is 6.04. The molecule has 1 N–H and O–H groups in total. The molecule has 0 aromatic heterocycles. The van der Waals surface area contributed by atoms with Gasteiger partial charge in [0.25, 0.3) is 5.91 Å². The first-order chi connectivity index (χ1) is 18.4. The number of hydrogen-bond donors (Lipinski definition) is 1. The predicted octanol–water partition coefficient (Wildman–Crippen LogP) is 6.33. The lowest BCUT2D eigenvalue weighted by Crippen LogP contribution is -2.17. The number of hydrazone groups is 1. The van der Waals surface area contributed by atoms with Crippen molar-refractivity contribution in [3.63, 3.8) is 0 Å². The van der Waals surface area contributed by atoms with Gasteiger partial charge in [-0.2, -0.15) is 5.10 Å². The Hall–Kier alpha value is -4.43. The lowest BCUT2D eigenvalue weighted by molar-refractivity contribution is 0.0734. The van der Waals surface area contributed by atoms with Crippen molar-refractivity contribution < 1.29 is 23.8 Å². The Morgan fingerprint density at radius 3 is 2.21 bits per heavy atom. The molecule has 0 radical (unpaired) electrons. The third kappa shape index (κ3) is 7.30. The monoisotopic (exact) mass is 572 g/mol. The van der Waals surface area contributed by atoms with Gasteiger partial charge in [-0.1, -0.05) is 45.8 Å². The third-order valence-electron chi connectivity index (χ3n) is 5.51. The zero-order valence-electron chi connectivity index (χ0n) is 20.8. The van der Waals surface area contributed by atoms with Crippen molar-refractivity contribution in [1.82, 2.24) is 5.43 Å². The molecule has 4 rings (SSSR count). The minimum absolute atomic E-state index is 0.294. The van der Waals surface area contributed by atoms with Gasteiger partial charge >= 0.3 is 5.97 Å². The molecule has 0 aliphatic rings. The first-order valence-electron chi connectivity index (χ1n) is 11.7. The molecule has 0 saturated heterocycles. The van der Waals surface area contributed by atoms with Crippen molar-refractivity contribution in [3.05, 3.63) is 123 Å². The summed E-state index contributed by atoms with van der Waals surface area (Å²) < 4.78 is 17.2. The molecule has 0 unspecified atom stereocenters. The number of rotatable bonds is 9. The Labute approximate surface area is 229 Å². The summed E-state index contributed by atoms with van der Waals surface area (Å²) in [5.74, 6) is 0.666. The van der Waals surface area contributed by atoms with E-state index in [0.717, 1.165) is 10.0 Å². The molecule has 0 aliphatic heterocycles. The van der Waals surface area contributed by atoms with Crippen LogP contribution in [0.2, 0.25) is 0 Å². The van der Waals surface area contributed by atoms with E-state index in [0.29, 0.717) is 40.5 Å². The quantitative estimate of drug-likeness (QED) is 0.110. The molecule has 0 atom stereocenters. The summed E-state index contributed by atoms with van der Waals surface area (Å²) in [6.07, 6.45) is 1.42. The van der Waals surface area contributed by atoms with Crippen LogP contribution in [-0.4, -0.2) is 25.2 Å². The van der Waals surface area contributed by atoms with Crippen LogP contribution in [-0.2, 0) is 6.61 Å². The van der Waals surface area contributed by atoms with Crippen LogP contribution in [0.5, 0.6) is 17.2 Å². The number of nitrogens with one attached hydrogen (secondary N) is 1. The summed E-state index contributed by atoms with van der Waals surface area (Å²) >= 11 is 3.40. The lowest BCUT2D eigenvalue weighted by Gasteiger charge is -2.09. The van der Waals surface area contributed by atoms with Crippen LogP contribution in [0.25, 0.3) is 0 Å². The van der Waals surface area contributed by atoms with Gasteiger partial charge in [-0.25, -0.2) is 10.2 Å². The van der Waals surface area contributed by atoms with E-state index in [9.17, 15) is 9.59 Å². The number of ether oxygens (including phenoxy) is 3. The zero-order valence-corrected chi connectivity index (χ0v) is 22.4. The Morgan fingerprint density at radius 1 is 0.868 bits per heavy atom. The van der Waals surface area contributed by atoms with Gasteiger partial charge in [-0.15, -0.1) is 0 Å². The number of benzene rings is 4. The molecule has 4 aromatic carbocycles. The highest BCUT2D eigenvalue weighted by atomic mass is 79.9. The molecule has 1 amide bonds.